The molecule has 0 saturated carbocycles. The summed E-state index contributed by atoms with van der Waals surface area (Å²) in [6, 6.07) is 35.4. The number of nitrogens with one attached hydrogen (secondary N) is 5. The third-order valence-corrected chi connectivity index (χ3v) is 22.9. The summed E-state index contributed by atoms with van der Waals surface area (Å²) >= 11 is 5.64. The molecule has 0 radical (unpaired) electrons. The van der Waals surface area contributed by atoms with Gasteiger partial charge in [-0.1, -0.05) is 97.1 Å². The first kappa shape index (κ1) is 82.7. The Balaban J connectivity index is 0.000000136. The predicted molar refractivity (Wildman–Crippen MR) is 451 cm³/mol. The summed E-state index contributed by atoms with van der Waals surface area (Å²) in [6.45, 7) is 8.13. The number of unbranched alkanes of at least 4 members (excludes halogenated alkanes) is 2. The van der Waals surface area contributed by atoms with Gasteiger partial charge in [0.25, 0.3) is 0 Å². The number of alkyl halides is 1. The van der Waals surface area contributed by atoms with Gasteiger partial charge in [0, 0.05) is 202 Å². The molecule has 0 saturated heterocycles. The molecular weight excluding hydrogens is 1490 g/mol. The maximum atomic E-state index is 12.9. The van der Waals surface area contributed by atoms with E-state index in [-0.39, 0.29) is 79.1 Å². The van der Waals surface area contributed by atoms with E-state index in [4.69, 9.17) is 50.7 Å². The summed E-state index contributed by atoms with van der Waals surface area (Å²) in [5.41, 5.74) is 19.3. The molecule has 0 unspecified atom stereocenters. The molecule has 4 aromatic heterocycles. The first-order valence-corrected chi connectivity index (χ1v) is 41.0. The van der Waals surface area contributed by atoms with E-state index in [0.29, 0.717) is 120 Å². The molecule has 4 aromatic carbocycles. The number of benzene rings is 4. The SMILES string of the molecule is C#CCCCCC(=O)N1CCc2nc(NC3Cc4ccccc4C3)ncc2C1.C#CCCN(CC(=O)N1CCc2nc(NC3Cc4ccccc4C3)ncc2C1)C(C)=O.CC(=O)N(CCC(=N)/C=N\N)CC(=O)N1CCc2nc(NC3Cc4ccccc4C3)ncc2C1.O=C(CCl)N1CCc2nc(NC3Cc4ccccc4C3)ncc2C1. The van der Waals surface area contributed by atoms with Gasteiger partial charge in [0.05, 0.1) is 47.8 Å². The molecule has 8 heterocycles. The van der Waals surface area contributed by atoms with Gasteiger partial charge in [-0.05, 0) is 109 Å². The lowest BCUT2D eigenvalue weighted by atomic mass is 10.1. The molecule has 4 aliphatic heterocycles. The van der Waals surface area contributed by atoms with Gasteiger partial charge < -0.3 is 61.9 Å². The van der Waals surface area contributed by atoms with E-state index in [1.165, 1.54) is 74.4 Å². The number of carbonyl (C=O) groups excluding carboxylic acids is 6. The minimum Gasteiger partial charge on any atom is -0.351 e. The van der Waals surface area contributed by atoms with Crippen molar-refractivity contribution in [3.63, 3.8) is 0 Å². The molecule has 28 heteroatoms. The smallest absolute Gasteiger partial charge is 0.242 e. The van der Waals surface area contributed by atoms with Gasteiger partial charge in [-0.2, -0.15) is 5.10 Å². The lowest BCUT2D eigenvalue weighted by Crippen LogP contribution is -2.44. The van der Waals surface area contributed by atoms with Gasteiger partial charge in [-0.3, -0.25) is 28.8 Å². The fourth-order valence-corrected chi connectivity index (χ4v) is 16.5. The minimum absolute atomic E-state index is 0.0259. The second kappa shape index (κ2) is 39.9. The van der Waals surface area contributed by atoms with Crippen LogP contribution in [-0.4, -0.2) is 199 Å². The van der Waals surface area contributed by atoms with Gasteiger partial charge >= 0.3 is 0 Å². The minimum atomic E-state index is -0.212. The van der Waals surface area contributed by atoms with Gasteiger partial charge in [0.2, 0.25) is 59.2 Å². The normalized spacial score (nSPS) is 15.5. The van der Waals surface area contributed by atoms with Crippen LogP contribution in [-0.2, 0) is 132 Å². The molecule has 16 rings (SSSR count). The fraction of sp³-hybridized carbons (Fsp3) is 0.416. The highest BCUT2D eigenvalue weighted by Gasteiger charge is 2.32. The van der Waals surface area contributed by atoms with Crippen molar-refractivity contribution in [1.29, 1.82) is 5.41 Å². The second-order valence-electron chi connectivity index (χ2n) is 30.9. The van der Waals surface area contributed by atoms with Crippen LogP contribution in [0.1, 0.15) is 142 Å². The number of nitrogens with zero attached hydrogens (tertiary/aromatic N) is 15. The average molecular weight is 1600 g/mol. The third-order valence-electron chi connectivity index (χ3n) is 22.7. The molecule has 0 fully saturated rings. The highest BCUT2D eigenvalue weighted by atomic mass is 35.5. The van der Waals surface area contributed by atoms with Crippen molar-refractivity contribution < 1.29 is 28.8 Å². The summed E-state index contributed by atoms with van der Waals surface area (Å²) in [4.78, 5) is 120. The summed E-state index contributed by atoms with van der Waals surface area (Å²) in [5.74, 6) is 12.5. The highest BCUT2D eigenvalue weighted by Crippen LogP contribution is 2.31. The van der Waals surface area contributed by atoms with Crippen LogP contribution >= 0.6 is 11.6 Å². The summed E-state index contributed by atoms with van der Waals surface area (Å²) < 4.78 is 0. The Kier molecular flexibility index (Phi) is 28.2. The number of hydrogen-bond donors (Lipinski definition) is 6. The van der Waals surface area contributed by atoms with Crippen LogP contribution in [0.25, 0.3) is 0 Å². The maximum Gasteiger partial charge on any atom is 0.242 e. The first-order valence-electron chi connectivity index (χ1n) is 40.5. The molecule has 117 heavy (non-hydrogen) atoms. The van der Waals surface area contributed by atoms with Crippen molar-refractivity contribution in [3.8, 4) is 24.7 Å². The summed E-state index contributed by atoms with van der Waals surface area (Å²) in [6.07, 6.45) is 33.7. The van der Waals surface area contributed by atoms with E-state index >= 15 is 0 Å². The zero-order valence-electron chi connectivity index (χ0n) is 66.6. The fourth-order valence-electron chi connectivity index (χ4n) is 16.3. The van der Waals surface area contributed by atoms with E-state index in [1.54, 1.807) is 20.9 Å². The first-order chi connectivity index (χ1) is 56.9. The Morgan fingerprint density at radius 3 is 1.04 bits per heavy atom. The zero-order valence-corrected chi connectivity index (χ0v) is 67.4. The summed E-state index contributed by atoms with van der Waals surface area (Å²) in [5, 5.41) is 24.9. The average Bonchev–Trinajstić information content (AvgIpc) is 0.919. The lowest BCUT2D eigenvalue weighted by molar-refractivity contribution is -0.140. The van der Waals surface area contributed by atoms with E-state index < -0.39 is 0 Å². The number of halogens is 1. The lowest BCUT2D eigenvalue weighted by Gasteiger charge is -2.30. The number of amides is 6. The number of terminal acetylenes is 2. The molecule has 7 N–H and O–H groups in total. The number of rotatable bonds is 23. The molecule has 0 atom stereocenters. The number of carbonyl (C=O) groups is 6. The van der Waals surface area contributed by atoms with Crippen LogP contribution in [0.4, 0.5) is 23.8 Å². The van der Waals surface area contributed by atoms with Gasteiger partial charge in [-0.15, -0.1) is 36.3 Å². The monoisotopic (exact) mass is 1600 g/mol. The van der Waals surface area contributed by atoms with E-state index in [0.717, 1.165) is 135 Å². The van der Waals surface area contributed by atoms with Crippen LogP contribution in [0.3, 0.4) is 0 Å². The molecule has 6 amide bonds. The number of hydrazone groups is 1. The van der Waals surface area contributed by atoms with Crippen molar-refractivity contribution in [2.75, 3.05) is 79.5 Å². The van der Waals surface area contributed by atoms with E-state index in [1.807, 2.05) is 23.5 Å². The molecule has 8 aliphatic rings. The zero-order chi connectivity index (χ0) is 81.7. The second-order valence-corrected chi connectivity index (χ2v) is 31.2. The quantitative estimate of drug-likeness (QED) is 0.00876. The van der Waals surface area contributed by atoms with Crippen LogP contribution in [0.2, 0.25) is 0 Å². The largest absolute Gasteiger partial charge is 0.351 e. The molecular formula is C89H102ClN21O6. The Morgan fingerprint density at radius 2 is 0.752 bits per heavy atom. The van der Waals surface area contributed by atoms with Crippen molar-refractivity contribution >= 4 is 82.8 Å². The molecule has 4 aliphatic carbocycles. The van der Waals surface area contributed by atoms with Crippen LogP contribution in [0.5, 0.6) is 0 Å². The Hall–Kier alpha value is -12.2. The van der Waals surface area contributed by atoms with E-state index in [9.17, 15) is 28.8 Å². The standard InChI is InChI=1S/C24H30N8O2.C24H27N5O2.C23H26N4O.C18H19ClN4O/c1-16(33)31(8-6-20(25)13-28-26)15-23(34)32-9-7-22-19(14-32)12-27-24(30-22)29-21-10-17-4-2-3-5-18(17)11-21;1-3-4-10-28(17(2)30)16-23(31)29-11-9-22-20(15-29)14-25-24(27-22)26-21-12-18-7-5-6-8-19(18)13-21;1-2-3-4-5-10-22(28)27-12-11-21-19(16-27)15-24-23(26-21)25-20-13-17-8-6-7-9-18(17)14-20;19-9-17(24)23-6-5-16-14(11-23)10-20-18(22-16)21-15-7-12-3-1-2-4-13(12)8-15/h2-5,12-13,21,25H,6-11,14-15,26H2,1H3,(H,27,29,30);1,5-8,14,21H,4,9-13,15-16H2,2H3,(H,25,26,27);1,6-9,15,20H,3-5,10-14,16H2,(H,24,25,26);1-4,10,15H,5-9,11H2,(H,20,21,22)/b25-20?,28-13-;;;. The number of fused-ring (bicyclic) bond motifs is 8. The highest BCUT2D eigenvalue weighted by molar-refractivity contribution is 6.29. The van der Waals surface area contributed by atoms with Crippen molar-refractivity contribution in [1.82, 2.24) is 69.3 Å². The molecule has 8 aromatic rings. The van der Waals surface area contributed by atoms with Crippen LogP contribution < -0.4 is 27.1 Å². The predicted octanol–water partition coefficient (Wildman–Crippen LogP) is 8.27. The molecule has 0 bridgehead atoms. The van der Waals surface area contributed by atoms with Gasteiger partial charge in [0.15, 0.2) is 0 Å². The van der Waals surface area contributed by atoms with Gasteiger partial charge in [0.1, 0.15) is 5.88 Å². The number of hydrogen-bond acceptors (Lipinski definition) is 21. The Morgan fingerprint density at radius 1 is 0.453 bits per heavy atom. The number of anilines is 4. The number of nitrogens with two attached hydrogens (primary N) is 1. The molecule has 0 spiro atoms. The van der Waals surface area contributed by atoms with Crippen molar-refractivity contribution in [2.45, 2.75) is 180 Å². The van der Waals surface area contributed by atoms with Crippen LogP contribution in [0.15, 0.2) is 127 Å². The van der Waals surface area contributed by atoms with E-state index in [2.05, 4.69) is 160 Å². The van der Waals surface area contributed by atoms with Crippen molar-refractivity contribution in [2.24, 2.45) is 10.9 Å². The maximum absolute atomic E-state index is 12.9. The molecule has 606 valence electrons. The third kappa shape index (κ3) is 22.3. The van der Waals surface area contributed by atoms with Crippen LogP contribution in [0, 0.1) is 30.1 Å². The summed E-state index contributed by atoms with van der Waals surface area (Å²) in [7, 11) is 0. The Bertz CT molecular complexity index is 4960. The molecule has 27 nitrogen and oxygen atoms in total. The number of aromatic nitrogens is 8. The Labute approximate surface area is 688 Å². The topological polar surface area (TPSA) is 335 Å². The van der Waals surface area contributed by atoms with Crippen molar-refractivity contribution in [3.05, 3.63) is 211 Å². The van der Waals surface area contributed by atoms with Gasteiger partial charge in [-0.25, -0.2) is 39.9 Å².